The van der Waals surface area contributed by atoms with E-state index in [1.807, 2.05) is 67.7 Å². The summed E-state index contributed by atoms with van der Waals surface area (Å²) in [6.07, 6.45) is 2.22. The molecule has 0 saturated carbocycles. The number of aliphatic hydroxyl groups is 1. The minimum atomic E-state index is -2.74. The van der Waals surface area contributed by atoms with Gasteiger partial charge in [0.25, 0.3) is 5.91 Å². The summed E-state index contributed by atoms with van der Waals surface area (Å²) in [5.74, 6) is -4.05. The van der Waals surface area contributed by atoms with E-state index in [1.54, 1.807) is 24.3 Å². The number of aliphatic carboxylic acids is 3. The molecule has 16 heteroatoms. The molecule has 1 aliphatic heterocycles. The van der Waals surface area contributed by atoms with Gasteiger partial charge in [-0.1, -0.05) is 59.6 Å². The Morgan fingerprint density at radius 1 is 0.966 bits per heavy atom. The first-order chi connectivity index (χ1) is 27.5. The molecule has 1 amide bonds. The lowest BCUT2D eigenvalue weighted by Crippen LogP contribution is -2.42. The zero-order chi connectivity index (χ0) is 42.7. The highest BCUT2D eigenvalue weighted by Crippen LogP contribution is 2.35. The number of rotatable bonds is 15. The Labute approximate surface area is 348 Å². The van der Waals surface area contributed by atoms with Crippen molar-refractivity contribution < 1.29 is 48.6 Å². The first-order valence-electron chi connectivity index (χ1n) is 18.2. The molecule has 13 nitrogen and oxygen atoms in total. The number of nitrogens with zero attached hydrogens (tertiary/aromatic N) is 3. The molecular formula is C42H45Cl2N3O10S. The van der Waals surface area contributed by atoms with Gasteiger partial charge in [-0.05, 0) is 103 Å². The summed E-state index contributed by atoms with van der Waals surface area (Å²) in [5.41, 5.74) is 0.424. The van der Waals surface area contributed by atoms with Crippen LogP contribution in [0.1, 0.15) is 71.0 Å². The fraction of sp³-hybridized carbons (Fsp3) is 0.357. The molecule has 1 fully saturated rings. The quantitative estimate of drug-likeness (QED) is 0.0994. The molecule has 1 saturated heterocycles. The number of nitriles is 1. The van der Waals surface area contributed by atoms with Crippen LogP contribution in [0.15, 0.2) is 77.7 Å². The summed E-state index contributed by atoms with van der Waals surface area (Å²) in [6, 6.07) is 25.0. The molecule has 0 bridgehead atoms. The minimum absolute atomic E-state index is 0.0209. The monoisotopic (exact) mass is 853 g/mol. The van der Waals surface area contributed by atoms with Gasteiger partial charge in [-0.2, -0.15) is 5.26 Å². The van der Waals surface area contributed by atoms with E-state index >= 15 is 0 Å². The van der Waals surface area contributed by atoms with E-state index < -0.39 is 47.2 Å². The van der Waals surface area contributed by atoms with Crippen molar-refractivity contribution in [3.8, 4) is 11.8 Å². The number of likely N-dealkylation sites (tertiary alicyclic amines) is 1. The van der Waals surface area contributed by atoms with Gasteiger partial charge in [0, 0.05) is 36.2 Å². The van der Waals surface area contributed by atoms with Crippen molar-refractivity contribution in [3.05, 3.63) is 105 Å². The Balaban J connectivity index is 0.000000492. The molecule has 2 atom stereocenters. The van der Waals surface area contributed by atoms with E-state index in [9.17, 15) is 28.6 Å². The van der Waals surface area contributed by atoms with Gasteiger partial charge in [0.05, 0.1) is 52.4 Å². The maximum absolute atomic E-state index is 13.8. The summed E-state index contributed by atoms with van der Waals surface area (Å²) >= 11 is 12.7. The number of carboxylic acid groups (broad SMARTS) is 3. The Hall–Kier alpha value is -5.04. The van der Waals surface area contributed by atoms with Gasteiger partial charge >= 0.3 is 17.9 Å². The maximum atomic E-state index is 13.8. The van der Waals surface area contributed by atoms with Crippen LogP contribution in [0.5, 0.6) is 5.75 Å². The van der Waals surface area contributed by atoms with Crippen molar-refractivity contribution in [2.45, 2.75) is 54.4 Å². The van der Waals surface area contributed by atoms with Crippen LogP contribution < -0.4 is 4.74 Å². The van der Waals surface area contributed by atoms with Gasteiger partial charge in [0.15, 0.2) is 5.60 Å². The Morgan fingerprint density at radius 3 is 2.19 bits per heavy atom. The van der Waals surface area contributed by atoms with E-state index in [1.165, 1.54) is 0 Å². The fourth-order valence-electron chi connectivity index (χ4n) is 7.05. The van der Waals surface area contributed by atoms with Crippen molar-refractivity contribution in [2.75, 3.05) is 46.6 Å². The van der Waals surface area contributed by atoms with Crippen LogP contribution in [0.25, 0.3) is 10.8 Å². The van der Waals surface area contributed by atoms with Gasteiger partial charge in [-0.25, -0.2) is 4.79 Å². The second-order valence-corrected chi connectivity index (χ2v) is 16.3. The molecule has 1 heterocycles. The van der Waals surface area contributed by atoms with Crippen molar-refractivity contribution >= 4 is 68.6 Å². The van der Waals surface area contributed by atoms with E-state index in [0.29, 0.717) is 33.6 Å². The van der Waals surface area contributed by atoms with Gasteiger partial charge in [-0.3, -0.25) is 18.6 Å². The van der Waals surface area contributed by atoms with Gasteiger partial charge in [0.1, 0.15) is 5.75 Å². The summed E-state index contributed by atoms with van der Waals surface area (Å²) < 4.78 is 17.9. The second-order valence-electron chi connectivity index (χ2n) is 14.2. The first-order valence-corrected chi connectivity index (χ1v) is 20.5. The maximum Gasteiger partial charge on any atom is 0.336 e. The lowest BCUT2D eigenvalue weighted by Gasteiger charge is -2.34. The molecule has 4 N–H and O–H groups in total. The number of fused-ring (bicyclic) bond motifs is 1. The number of carboxylic acids is 3. The Morgan fingerprint density at radius 2 is 1.62 bits per heavy atom. The van der Waals surface area contributed by atoms with Crippen LogP contribution >= 0.6 is 23.2 Å². The third-order valence-corrected chi connectivity index (χ3v) is 11.8. The lowest BCUT2D eigenvalue weighted by molar-refractivity contribution is -0.170. The number of halogens is 2. The van der Waals surface area contributed by atoms with Crippen molar-refractivity contribution in [3.63, 3.8) is 0 Å². The van der Waals surface area contributed by atoms with E-state index in [-0.39, 0.29) is 11.8 Å². The Bertz CT molecular complexity index is 2210. The predicted octanol–water partition coefficient (Wildman–Crippen LogP) is 6.64. The summed E-state index contributed by atoms with van der Waals surface area (Å²) in [5, 5.41) is 46.1. The largest absolute Gasteiger partial charge is 0.497 e. The number of hydrogen-bond donors (Lipinski definition) is 4. The highest BCUT2D eigenvalue weighted by molar-refractivity contribution is 7.84. The number of likely N-dealkylation sites (N-methyl/N-ethyl adjacent to an activating group) is 1. The highest BCUT2D eigenvalue weighted by atomic mass is 35.5. The molecule has 0 aliphatic carbocycles. The predicted molar refractivity (Wildman–Crippen MR) is 220 cm³/mol. The topological polar surface area (TPSA) is 206 Å². The number of carbonyl (C=O) groups is 4. The summed E-state index contributed by atoms with van der Waals surface area (Å²) in [4.78, 5) is 49.4. The number of piperidine rings is 1. The average Bonchev–Trinajstić information content (AvgIpc) is 3.19. The van der Waals surface area contributed by atoms with E-state index in [4.69, 9.17) is 48.4 Å². The number of ether oxygens (including phenoxy) is 1. The highest BCUT2D eigenvalue weighted by Gasteiger charge is 2.40. The molecular weight excluding hydrogens is 809 g/mol. The number of methoxy groups -OCH3 is 1. The number of benzene rings is 4. The molecule has 58 heavy (non-hydrogen) atoms. The summed E-state index contributed by atoms with van der Waals surface area (Å²) in [7, 11) is 2.35. The van der Waals surface area contributed by atoms with Gasteiger partial charge in [-0.15, -0.1) is 0 Å². The molecule has 0 unspecified atom stereocenters. The second kappa shape index (κ2) is 20.6. The smallest absolute Gasteiger partial charge is 0.336 e. The van der Waals surface area contributed by atoms with Gasteiger partial charge in [0.2, 0.25) is 0 Å². The molecule has 4 aromatic carbocycles. The number of amides is 1. The fourth-order valence-corrected chi connectivity index (χ4v) is 8.20. The zero-order valence-electron chi connectivity index (χ0n) is 32.2. The third-order valence-electron chi connectivity index (χ3n) is 10.1. The average molecular weight is 855 g/mol. The standard InChI is InChI=1S/C36H37Cl2N3O3S.C6H8O7/c1-40(36(42)32-19-24(22-39)18-27-6-4-5-7-30(27)32)23-28(26-8-11-33(37)34(38)20-26)14-17-41-15-12-25(13-16-41)31-10-9-29(44-2)21-35(31)45(3)43;7-3(8)1-6(13,5(11)12)2-4(9)10/h4-11,18-21,25,28H,12-17,23H2,1-3H3;13H,1-2H2,(H,7,8)(H,9,10)(H,11,12)/t28-,45+;/m1./s1. The molecule has 5 rings (SSSR count). The van der Waals surface area contributed by atoms with Crippen molar-refractivity contribution in [2.24, 2.45) is 0 Å². The summed E-state index contributed by atoms with van der Waals surface area (Å²) in [6.45, 7) is 3.21. The molecule has 1 aliphatic rings. The van der Waals surface area contributed by atoms with Crippen molar-refractivity contribution in [1.29, 1.82) is 5.26 Å². The minimum Gasteiger partial charge on any atom is -0.497 e. The van der Waals surface area contributed by atoms with Crippen LogP contribution in [0, 0.1) is 11.3 Å². The molecule has 4 aromatic rings. The van der Waals surface area contributed by atoms with Crippen molar-refractivity contribution in [1.82, 2.24) is 9.80 Å². The Kier molecular flexibility index (Phi) is 16.2. The van der Waals surface area contributed by atoms with Crippen LogP contribution in [0.2, 0.25) is 10.0 Å². The lowest BCUT2D eigenvalue weighted by atomic mass is 9.88. The normalized spacial score (nSPS) is 14.4. The van der Waals surface area contributed by atoms with E-state index in [0.717, 1.165) is 71.4 Å². The van der Waals surface area contributed by atoms with Gasteiger partial charge < -0.3 is 35.0 Å². The first kappa shape index (κ1) is 45.7. The molecule has 0 aromatic heterocycles. The number of hydrogen-bond acceptors (Lipinski definition) is 9. The molecule has 0 radical (unpaired) electrons. The SMILES string of the molecule is COc1ccc(C2CCN(CC[C@H](CN(C)C(=O)c3cc(C#N)cc4ccccc34)c3ccc(Cl)c(Cl)c3)CC2)c([S@](C)=O)c1.O=C(O)CC(O)(CC(=O)O)C(=O)O. The van der Waals surface area contributed by atoms with Crippen LogP contribution in [-0.2, 0) is 25.2 Å². The van der Waals surface area contributed by atoms with E-state index in [2.05, 4.69) is 17.0 Å². The van der Waals surface area contributed by atoms with Crippen LogP contribution in [0.4, 0.5) is 0 Å². The molecule has 308 valence electrons. The molecule has 0 spiro atoms. The number of carbonyl (C=O) groups excluding carboxylic acids is 1. The third kappa shape index (κ3) is 12.0. The van der Waals surface area contributed by atoms with Crippen LogP contribution in [0.3, 0.4) is 0 Å². The zero-order valence-corrected chi connectivity index (χ0v) is 34.5. The van der Waals surface area contributed by atoms with Crippen LogP contribution in [-0.4, -0.2) is 110 Å².